The first-order valence-electron chi connectivity index (χ1n) is 39.8. The molecule has 0 saturated heterocycles. The summed E-state index contributed by atoms with van der Waals surface area (Å²) in [6, 6.07) is 71.2. The third-order valence-corrected chi connectivity index (χ3v) is 20.9. The van der Waals surface area contributed by atoms with Crippen LogP contribution in [0.3, 0.4) is 0 Å². The molecule has 1 aromatic heterocycles. The van der Waals surface area contributed by atoms with Crippen molar-refractivity contribution in [2.75, 3.05) is 21.3 Å². The maximum Gasteiger partial charge on any atom is 0.284 e. The number of allylic oxidation sites excluding steroid dienone is 4. The summed E-state index contributed by atoms with van der Waals surface area (Å²) >= 11 is 0. The number of rotatable bonds is 23. The maximum atomic E-state index is 15.0. The number of pyridine rings is 1. The van der Waals surface area contributed by atoms with Gasteiger partial charge in [0.2, 0.25) is 0 Å². The van der Waals surface area contributed by atoms with Crippen LogP contribution in [0.2, 0.25) is 0 Å². The number of nitrogen functional groups attached to an aromatic ring is 1. The minimum Gasteiger partial charge on any atom is -0.507 e. The number of aryl methyl sites for hydroxylation is 1. The van der Waals surface area contributed by atoms with Crippen molar-refractivity contribution in [2.45, 2.75) is 82.1 Å². The normalized spacial score (nSPS) is 11.8. The summed E-state index contributed by atoms with van der Waals surface area (Å²) in [6.45, 7) is 12.0. The average Bonchev–Trinajstić information content (AvgIpc) is 0.813. The first kappa shape index (κ1) is 97.4. The summed E-state index contributed by atoms with van der Waals surface area (Å²) in [6.07, 6.45) is 1.71. The lowest BCUT2D eigenvalue weighted by Crippen LogP contribution is -2.15. The van der Waals surface area contributed by atoms with E-state index in [4.69, 9.17) is 44.7 Å². The van der Waals surface area contributed by atoms with Crippen molar-refractivity contribution in [3.63, 3.8) is 0 Å². The van der Waals surface area contributed by atoms with Gasteiger partial charge in [0.05, 0.1) is 28.5 Å². The Morgan fingerprint density at radius 1 is 0.380 bits per heavy atom. The van der Waals surface area contributed by atoms with E-state index in [2.05, 4.69) is 31.4 Å². The number of fused-ring (bicyclic) bond motifs is 1. The van der Waals surface area contributed by atoms with Crippen LogP contribution in [0.5, 0.6) is 5.75 Å². The molecule has 0 atom stereocenters. The number of nitrogens with one attached hydrogen (secondary N) is 6. The van der Waals surface area contributed by atoms with E-state index in [0.29, 0.717) is 81.1 Å². The molecule has 0 saturated carbocycles. The predicted octanol–water partition coefficient (Wildman–Crippen LogP) is 22.2. The van der Waals surface area contributed by atoms with Crippen LogP contribution in [-0.2, 0) is 45.4 Å². The number of hydrogen-bond donors (Lipinski definition) is 13. The Balaban J connectivity index is 0.000000194. The van der Waals surface area contributed by atoms with Crippen LogP contribution >= 0.6 is 0 Å². The lowest BCUT2D eigenvalue weighted by molar-refractivity contribution is -0.114. The van der Waals surface area contributed by atoms with E-state index >= 15 is 0 Å². The third-order valence-electron chi connectivity index (χ3n) is 20.9. The van der Waals surface area contributed by atoms with Gasteiger partial charge in [-0.05, 0) is 256 Å². The minimum absolute atomic E-state index is 0. The Morgan fingerprint density at radius 3 is 1.03 bits per heavy atom. The standard InChI is InChI=1S/C27H23F2N3O.C25H23F2N3O2.C25H23F2N3O.C24H22F2N4O2.CH4/c1-16(19-8-7-18-11-12-31-17(2)23(18)13-19)26(29)27(33)32-25-10-9-20(14-24(25)28)22-6-4-3-5-21(22)15-30;1-15(17-7-5-8-18(12-17)16(2)30-32)24(27)25(31)29-23-11-10-19(13-22(23)26)21-9-4-3-6-20(21)14-28;1-15(17-7-5-8-18(12-17)16(2)29)24(27)25(31)30-23-11-10-19(13-22(23)26)21-9-4-3-6-20(21)14-28;1-13(18-10-15(23(28)29)7-9-21(18)31)22(26)24(32)30-20-8-6-14(11-19(20)25)17-5-3-2-4-16(17)12-27;/h3-14H,15,30H2,1-2H3,(H,32,33);3-13,32H,14,28H2,1-2H3,(H,29,31);3-13,29H,14,28H2,1-2H3,(H,30,31);2-11,31H,12,27H2,1H3,(H3,28,29)(H,30,32);1H4/b26-16+;24-15+,30-16+;24-15+,29-16?;22-13+;. The average molecular weight is 1750 g/mol. The Morgan fingerprint density at radius 2 is 0.698 bits per heavy atom. The van der Waals surface area contributed by atoms with Gasteiger partial charge in [-0.3, -0.25) is 29.6 Å². The van der Waals surface area contributed by atoms with Gasteiger partial charge in [0.15, 0.2) is 23.3 Å². The Bertz CT molecular complexity index is 6610. The molecule has 1 heterocycles. The van der Waals surface area contributed by atoms with E-state index in [9.17, 15) is 59.4 Å². The predicted molar refractivity (Wildman–Crippen MR) is 500 cm³/mol. The lowest BCUT2D eigenvalue weighted by Gasteiger charge is -2.12. The second kappa shape index (κ2) is 45.0. The molecule has 0 fully saturated rings. The van der Waals surface area contributed by atoms with Crippen molar-refractivity contribution >= 4 is 96.7 Å². The van der Waals surface area contributed by atoms with E-state index < -0.39 is 70.2 Å². The number of hydrogen-bond acceptors (Lipinski definition) is 14. The monoisotopic (exact) mass is 1750 g/mol. The number of oxime groups is 1. The number of amidine groups is 1. The summed E-state index contributed by atoms with van der Waals surface area (Å²) in [5.41, 5.74) is 41.4. The lowest BCUT2D eigenvalue weighted by atomic mass is 9.99. The molecular formula is C102H95F8N13O6. The molecule has 0 bridgehead atoms. The van der Waals surface area contributed by atoms with Gasteiger partial charge in [-0.15, -0.1) is 0 Å². The topological polar surface area (TPSA) is 360 Å². The highest BCUT2D eigenvalue weighted by molar-refractivity contribution is 6.11. The first-order valence-corrected chi connectivity index (χ1v) is 39.8. The van der Waals surface area contributed by atoms with Gasteiger partial charge < -0.3 is 65.7 Å². The molecule has 0 spiro atoms. The number of anilines is 4. The van der Waals surface area contributed by atoms with Crippen LogP contribution in [0.25, 0.3) is 77.6 Å². The molecule has 13 rings (SSSR count). The zero-order chi connectivity index (χ0) is 92.7. The quantitative estimate of drug-likeness (QED) is 0.00710. The maximum absolute atomic E-state index is 15.0. The molecule has 0 radical (unpaired) electrons. The SMILES string of the molecule is C.C/C(=C(\F)C(=O)Nc1ccc(-c2ccccc2CN)cc1F)c1cc(C(=N)N)ccc1O.C/C(=C(\F)C(=O)Nc1ccc(-c2ccccc2CN)cc1F)c1ccc2ccnc(C)c2c1.C/C(=N\O)c1cccc(/C(C)=C(/F)C(=O)Nc2ccc(-c3ccccc3CN)cc2F)c1.CC(=N)c1cccc(/C(C)=C(/F)C(=O)Nc2ccc(-c3ccccc3CN)cc2F)c1. The minimum atomic E-state index is -1.21. The summed E-state index contributed by atoms with van der Waals surface area (Å²) < 4.78 is 118. The largest absolute Gasteiger partial charge is 0.507 e. The second-order valence-corrected chi connectivity index (χ2v) is 29.2. The number of phenols is 1. The number of nitrogens with two attached hydrogens (primary N) is 5. The van der Waals surface area contributed by atoms with E-state index in [1.807, 2.05) is 116 Å². The number of carbonyl (C=O) groups excluding carboxylic acids is 4. The molecule has 18 N–H and O–H groups in total. The Hall–Kier alpha value is -15.4. The Labute approximate surface area is 741 Å². The number of aromatic nitrogens is 1. The van der Waals surface area contributed by atoms with E-state index in [0.717, 1.165) is 61.0 Å². The van der Waals surface area contributed by atoms with Gasteiger partial charge in [-0.1, -0.05) is 182 Å². The summed E-state index contributed by atoms with van der Waals surface area (Å²) in [4.78, 5) is 54.0. The van der Waals surface area contributed by atoms with Gasteiger partial charge in [0.25, 0.3) is 23.6 Å². The van der Waals surface area contributed by atoms with Crippen LogP contribution in [0.15, 0.2) is 296 Å². The molecule has 12 aromatic carbocycles. The van der Waals surface area contributed by atoms with Crippen molar-refractivity contribution in [2.24, 2.45) is 33.8 Å². The van der Waals surface area contributed by atoms with Crippen molar-refractivity contribution in [1.29, 1.82) is 10.8 Å². The number of benzene rings is 12. The molecule has 4 amide bonds. The van der Waals surface area contributed by atoms with E-state index in [-0.39, 0.29) is 81.7 Å². The van der Waals surface area contributed by atoms with Gasteiger partial charge in [0, 0.05) is 65.9 Å². The third kappa shape index (κ3) is 24.2. The van der Waals surface area contributed by atoms with Gasteiger partial charge in [-0.2, -0.15) is 0 Å². The van der Waals surface area contributed by atoms with Crippen LogP contribution in [0.1, 0.15) is 116 Å². The molecule has 0 aliphatic rings. The molecule has 0 aliphatic heterocycles. The van der Waals surface area contributed by atoms with Crippen molar-refractivity contribution in [3.05, 3.63) is 381 Å². The number of carbonyl (C=O) groups is 4. The highest BCUT2D eigenvalue weighted by Crippen LogP contribution is 2.36. The molecule has 27 heteroatoms. The number of halogens is 8. The molecule has 13 aromatic rings. The number of aromatic hydroxyl groups is 1. The highest BCUT2D eigenvalue weighted by Gasteiger charge is 2.24. The van der Waals surface area contributed by atoms with Crippen molar-refractivity contribution < 1.29 is 64.6 Å². The number of amides is 4. The fraction of sp³-hybridized carbons (Fsp3) is 0.118. The van der Waals surface area contributed by atoms with Gasteiger partial charge >= 0.3 is 0 Å². The van der Waals surface area contributed by atoms with Crippen molar-refractivity contribution in [1.82, 2.24) is 4.98 Å². The fourth-order valence-corrected chi connectivity index (χ4v) is 13.5. The molecule has 129 heavy (non-hydrogen) atoms. The summed E-state index contributed by atoms with van der Waals surface area (Å²) in [7, 11) is 0. The van der Waals surface area contributed by atoms with Gasteiger partial charge in [0.1, 0.15) is 34.9 Å². The number of phenolic OH excluding ortho intramolecular Hbond substituents is 1. The Kier molecular flexibility index (Phi) is 33.9. The first-order chi connectivity index (χ1) is 61.3. The molecule has 19 nitrogen and oxygen atoms in total. The molecule has 660 valence electrons. The summed E-state index contributed by atoms with van der Waals surface area (Å²) in [5.74, 6) is -11.9. The fourth-order valence-electron chi connectivity index (χ4n) is 13.5. The molecule has 0 unspecified atom stereocenters. The zero-order valence-corrected chi connectivity index (χ0v) is 70.6. The second-order valence-electron chi connectivity index (χ2n) is 29.2. The highest BCUT2D eigenvalue weighted by atomic mass is 19.2. The van der Waals surface area contributed by atoms with E-state index in [1.54, 1.807) is 105 Å². The molecule has 0 aliphatic carbocycles. The van der Waals surface area contributed by atoms with Crippen molar-refractivity contribution in [3.8, 4) is 50.3 Å². The number of nitrogens with zero attached hydrogens (tertiary/aromatic N) is 2. The van der Waals surface area contributed by atoms with E-state index in [1.165, 1.54) is 94.4 Å². The molecular weight excluding hydrogens is 1660 g/mol. The van der Waals surface area contributed by atoms with Crippen LogP contribution < -0.4 is 49.9 Å². The van der Waals surface area contributed by atoms with Crippen LogP contribution in [0.4, 0.5) is 57.9 Å². The zero-order valence-electron chi connectivity index (χ0n) is 70.6. The summed E-state index contributed by atoms with van der Waals surface area (Å²) in [5, 5.41) is 48.2. The van der Waals surface area contributed by atoms with Crippen LogP contribution in [0, 0.1) is 41.0 Å². The smallest absolute Gasteiger partial charge is 0.284 e. The van der Waals surface area contributed by atoms with Crippen LogP contribution in [-0.4, -0.2) is 56.2 Å². The van der Waals surface area contributed by atoms with Gasteiger partial charge in [-0.25, -0.2) is 35.1 Å².